The number of anilines is 1. The zero-order valence-corrected chi connectivity index (χ0v) is 11.4. The molecule has 0 radical (unpaired) electrons. The molecule has 1 amide bonds. The minimum Gasteiger partial charge on any atom is -0.465 e. The molecule has 1 atom stereocenters. The van der Waals surface area contributed by atoms with Crippen LogP contribution in [0.3, 0.4) is 0 Å². The van der Waals surface area contributed by atoms with Crippen LogP contribution in [-0.4, -0.2) is 26.0 Å². The minimum absolute atomic E-state index is 0.151. The van der Waals surface area contributed by atoms with Crippen LogP contribution in [0.25, 0.3) is 0 Å². The van der Waals surface area contributed by atoms with E-state index in [1.807, 2.05) is 36.7 Å². The molecule has 0 fully saturated rings. The van der Waals surface area contributed by atoms with Crippen LogP contribution in [0.1, 0.15) is 17.7 Å². The molecule has 19 heavy (non-hydrogen) atoms. The van der Waals surface area contributed by atoms with Crippen LogP contribution in [0, 0.1) is 0 Å². The predicted molar refractivity (Wildman–Crippen MR) is 73.4 cm³/mol. The molecule has 0 spiro atoms. The van der Waals surface area contributed by atoms with Gasteiger partial charge in [-0.15, -0.1) is 10.2 Å². The van der Waals surface area contributed by atoms with E-state index < -0.39 is 6.09 Å². The van der Waals surface area contributed by atoms with Crippen molar-refractivity contribution in [3.63, 3.8) is 0 Å². The van der Waals surface area contributed by atoms with Gasteiger partial charge in [0.05, 0.1) is 0 Å². The Balaban J connectivity index is 2.12. The zero-order chi connectivity index (χ0) is 13.8. The van der Waals surface area contributed by atoms with Gasteiger partial charge in [-0.25, -0.2) is 4.79 Å². The summed E-state index contributed by atoms with van der Waals surface area (Å²) in [6.45, 7) is 2.04. The average molecular weight is 278 g/mol. The normalized spacial score (nSPS) is 12.1. The number of thioether (sulfide) groups is 1. The largest absolute Gasteiger partial charge is 0.465 e. The second-order valence-electron chi connectivity index (χ2n) is 4.04. The quantitative estimate of drug-likeness (QED) is 0.841. The molecule has 0 aliphatic carbocycles. The van der Waals surface area contributed by atoms with Crippen molar-refractivity contribution < 1.29 is 9.90 Å². The molecular weight excluding hydrogens is 264 g/mol. The van der Waals surface area contributed by atoms with Gasteiger partial charge in [0.1, 0.15) is 6.33 Å². The van der Waals surface area contributed by atoms with E-state index in [0.29, 0.717) is 5.69 Å². The van der Waals surface area contributed by atoms with Gasteiger partial charge in [0.25, 0.3) is 0 Å². The van der Waals surface area contributed by atoms with E-state index in [9.17, 15) is 4.79 Å². The van der Waals surface area contributed by atoms with Crippen molar-refractivity contribution in [3.8, 4) is 0 Å². The highest BCUT2D eigenvalue weighted by atomic mass is 32.2. The molecule has 6 nitrogen and oxygen atoms in total. The molecule has 0 bridgehead atoms. The Kier molecular flexibility index (Phi) is 4.06. The highest BCUT2D eigenvalue weighted by Gasteiger charge is 2.12. The third kappa shape index (κ3) is 3.47. The Labute approximate surface area is 114 Å². The maximum Gasteiger partial charge on any atom is 0.409 e. The van der Waals surface area contributed by atoms with Crippen LogP contribution in [0.15, 0.2) is 35.7 Å². The van der Waals surface area contributed by atoms with Crippen LogP contribution in [0.4, 0.5) is 10.5 Å². The molecule has 0 aliphatic heterocycles. The average Bonchev–Trinajstić information content (AvgIpc) is 2.74. The molecular formula is C12H14N4O2S. The molecule has 1 heterocycles. The topological polar surface area (TPSA) is 80.0 Å². The van der Waals surface area contributed by atoms with Gasteiger partial charge in [0.15, 0.2) is 5.16 Å². The van der Waals surface area contributed by atoms with Crippen molar-refractivity contribution in [2.75, 3.05) is 5.32 Å². The van der Waals surface area contributed by atoms with Crippen LogP contribution in [0.5, 0.6) is 0 Å². The summed E-state index contributed by atoms with van der Waals surface area (Å²) in [5, 5.41) is 19.9. The second kappa shape index (κ2) is 5.75. The minimum atomic E-state index is -1.06. The van der Waals surface area contributed by atoms with Crippen molar-refractivity contribution in [2.45, 2.75) is 17.3 Å². The number of hydrogen-bond donors (Lipinski definition) is 2. The van der Waals surface area contributed by atoms with Crippen molar-refractivity contribution in [1.29, 1.82) is 0 Å². The molecule has 1 aromatic heterocycles. The van der Waals surface area contributed by atoms with Crippen molar-refractivity contribution >= 4 is 23.5 Å². The van der Waals surface area contributed by atoms with Crippen LogP contribution < -0.4 is 5.32 Å². The lowest BCUT2D eigenvalue weighted by atomic mass is 10.1. The first-order chi connectivity index (χ1) is 9.06. The molecule has 2 rings (SSSR count). The Morgan fingerprint density at radius 2 is 2.32 bits per heavy atom. The molecule has 2 N–H and O–H groups in total. The van der Waals surface area contributed by atoms with Gasteiger partial charge in [-0.05, 0) is 24.6 Å². The maximum atomic E-state index is 10.6. The number of aryl methyl sites for hydroxylation is 1. The van der Waals surface area contributed by atoms with Gasteiger partial charge in [-0.1, -0.05) is 23.9 Å². The highest BCUT2D eigenvalue weighted by Crippen LogP contribution is 2.33. The first-order valence-electron chi connectivity index (χ1n) is 5.67. The predicted octanol–water partition coefficient (Wildman–Crippen LogP) is 2.76. The molecule has 1 aromatic carbocycles. The van der Waals surface area contributed by atoms with Crippen LogP contribution in [0.2, 0.25) is 0 Å². The summed E-state index contributed by atoms with van der Waals surface area (Å²) in [7, 11) is 1.89. The lowest BCUT2D eigenvalue weighted by Crippen LogP contribution is -2.07. The van der Waals surface area contributed by atoms with E-state index in [1.54, 1.807) is 24.2 Å². The number of hydrogen-bond acceptors (Lipinski definition) is 4. The number of amides is 1. The van der Waals surface area contributed by atoms with E-state index in [0.717, 1.165) is 10.7 Å². The third-order valence-electron chi connectivity index (χ3n) is 2.56. The maximum absolute atomic E-state index is 10.6. The molecule has 0 saturated heterocycles. The number of rotatable bonds is 4. The summed E-state index contributed by atoms with van der Waals surface area (Å²) < 4.78 is 1.85. The summed E-state index contributed by atoms with van der Waals surface area (Å²) >= 11 is 1.57. The van der Waals surface area contributed by atoms with Gasteiger partial charge in [-0.2, -0.15) is 0 Å². The monoisotopic (exact) mass is 278 g/mol. The Bertz CT molecular complexity index is 585. The van der Waals surface area contributed by atoms with Gasteiger partial charge in [-0.3, -0.25) is 5.32 Å². The molecule has 7 heteroatoms. The number of carbonyl (C=O) groups is 1. The number of nitrogens with one attached hydrogen (secondary N) is 1. The number of carboxylic acid groups (broad SMARTS) is 1. The fraction of sp³-hybridized carbons (Fsp3) is 0.250. The molecule has 100 valence electrons. The van der Waals surface area contributed by atoms with Crippen LogP contribution >= 0.6 is 11.8 Å². The van der Waals surface area contributed by atoms with Crippen LogP contribution in [-0.2, 0) is 7.05 Å². The third-order valence-corrected chi connectivity index (χ3v) is 3.77. The van der Waals surface area contributed by atoms with E-state index >= 15 is 0 Å². The highest BCUT2D eigenvalue weighted by molar-refractivity contribution is 7.99. The lowest BCUT2D eigenvalue weighted by Gasteiger charge is -2.12. The van der Waals surface area contributed by atoms with Gasteiger partial charge in [0.2, 0.25) is 0 Å². The summed E-state index contributed by atoms with van der Waals surface area (Å²) in [5.74, 6) is 0. The van der Waals surface area contributed by atoms with Gasteiger partial charge >= 0.3 is 6.09 Å². The SMILES string of the molecule is C[C@H](Sc1nncn1C)c1cccc(NC(=O)O)c1. The van der Waals surface area contributed by atoms with Crippen molar-refractivity contribution in [2.24, 2.45) is 7.05 Å². The van der Waals surface area contributed by atoms with E-state index in [1.165, 1.54) is 0 Å². The number of benzene rings is 1. The summed E-state index contributed by atoms with van der Waals surface area (Å²) in [5.41, 5.74) is 1.59. The Morgan fingerprint density at radius 3 is 2.95 bits per heavy atom. The molecule has 0 aliphatic rings. The number of nitrogens with zero attached hydrogens (tertiary/aromatic N) is 3. The Morgan fingerprint density at radius 1 is 1.53 bits per heavy atom. The summed E-state index contributed by atoms with van der Waals surface area (Å²) in [6.07, 6.45) is 0.586. The second-order valence-corrected chi connectivity index (χ2v) is 5.35. The van der Waals surface area contributed by atoms with Crippen molar-refractivity contribution in [3.05, 3.63) is 36.2 Å². The summed E-state index contributed by atoms with van der Waals surface area (Å²) in [6, 6.07) is 7.33. The molecule has 2 aromatic rings. The smallest absolute Gasteiger partial charge is 0.409 e. The van der Waals surface area contributed by atoms with Gasteiger partial charge < -0.3 is 9.67 Å². The standard InChI is InChI=1S/C12H14N4O2S/c1-8(19-11-15-13-7-16(11)2)9-4-3-5-10(6-9)14-12(17)18/h3-8,14H,1-2H3,(H,17,18)/t8-/m0/s1. The molecule has 0 saturated carbocycles. The van der Waals surface area contributed by atoms with Gasteiger partial charge in [0, 0.05) is 18.0 Å². The lowest BCUT2D eigenvalue weighted by molar-refractivity contribution is 0.210. The van der Waals surface area contributed by atoms with E-state index in [4.69, 9.17) is 5.11 Å². The summed E-state index contributed by atoms with van der Waals surface area (Å²) in [4.78, 5) is 10.6. The zero-order valence-electron chi connectivity index (χ0n) is 10.6. The number of aromatic nitrogens is 3. The first kappa shape index (κ1) is 13.4. The fourth-order valence-electron chi connectivity index (χ4n) is 1.60. The fourth-order valence-corrected chi connectivity index (χ4v) is 2.50. The first-order valence-corrected chi connectivity index (χ1v) is 6.55. The Hall–Kier alpha value is -2.02. The molecule has 0 unspecified atom stereocenters. The van der Waals surface area contributed by atoms with Crippen molar-refractivity contribution in [1.82, 2.24) is 14.8 Å². The van der Waals surface area contributed by atoms with E-state index in [2.05, 4.69) is 15.5 Å². The van der Waals surface area contributed by atoms with E-state index in [-0.39, 0.29) is 5.25 Å².